The van der Waals surface area contributed by atoms with Crippen LogP contribution in [0.2, 0.25) is 0 Å². The minimum atomic E-state index is -1.22. The fourth-order valence-corrected chi connectivity index (χ4v) is 1.49. The Morgan fingerprint density at radius 2 is 2.27 bits per heavy atom. The van der Waals surface area contributed by atoms with Gasteiger partial charge in [0, 0.05) is 0 Å². The summed E-state index contributed by atoms with van der Waals surface area (Å²) < 4.78 is 13.5. The van der Waals surface area contributed by atoms with Gasteiger partial charge in [-0.1, -0.05) is 5.92 Å². The zero-order valence-corrected chi connectivity index (χ0v) is 9.35. The van der Waals surface area contributed by atoms with Gasteiger partial charge < -0.3 is 10.8 Å². The molecule has 0 unspecified atom stereocenters. The average Bonchev–Trinajstić information content (AvgIpc) is 2.18. The molecular weight excluding hydrogens is 265 g/mol. The van der Waals surface area contributed by atoms with E-state index >= 15 is 0 Å². The molecule has 0 amide bonds. The molecular formula is C10H7BrFNO2. The van der Waals surface area contributed by atoms with Crippen molar-refractivity contribution in [2.24, 2.45) is 0 Å². The van der Waals surface area contributed by atoms with Crippen molar-refractivity contribution in [1.82, 2.24) is 0 Å². The molecule has 0 saturated heterocycles. The number of carbonyl (C=O) groups is 1. The van der Waals surface area contributed by atoms with Gasteiger partial charge in [0.05, 0.1) is 21.3 Å². The highest BCUT2D eigenvalue weighted by Gasteiger charge is 2.17. The first-order chi connectivity index (χ1) is 6.99. The standard InChI is InChI=1S/C10H7BrFNO2/c1-2-3-5-8(12)7(11)4-6(9(5)13)10(14)15/h4H,13H2,1H3,(H,14,15). The van der Waals surface area contributed by atoms with E-state index in [1.54, 1.807) is 0 Å². The number of hydrogen-bond donors (Lipinski definition) is 2. The Balaban J connectivity index is 3.60. The third-order valence-electron chi connectivity index (χ3n) is 1.74. The van der Waals surface area contributed by atoms with Gasteiger partial charge in [0.1, 0.15) is 0 Å². The maximum absolute atomic E-state index is 13.5. The van der Waals surface area contributed by atoms with Crippen LogP contribution in [0.4, 0.5) is 10.1 Å². The van der Waals surface area contributed by atoms with Crippen molar-refractivity contribution in [3.05, 3.63) is 27.5 Å². The second kappa shape index (κ2) is 4.32. The number of rotatable bonds is 1. The summed E-state index contributed by atoms with van der Waals surface area (Å²) in [5, 5.41) is 8.80. The second-order valence-electron chi connectivity index (χ2n) is 2.69. The lowest BCUT2D eigenvalue weighted by atomic mass is 10.1. The van der Waals surface area contributed by atoms with Crippen LogP contribution in [-0.2, 0) is 0 Å². The molecule has 3 nitrogen and oxygen atoms in total. The number of anilines is 1. The maximum Gasteiger partial charge on any atom is 0.337 e. The quantitative estimate of drug-likeness (QED) is 0.608. The number of carboxylic acids is 1. The van der Waals surface area contributed by atoms with E-state index < -0.39 is 11.8 Å². The predicted octanol–water partition coefficient (Wildman–Crippen LogP) is 2.24. The Labute approximate surface area is 94.2 Å². The van der Waals surface area contributed by atoms with E-state index in [2.05, 4.69) is 27.8 Å². The fraction of sp³-hybridized carbons (Fsp3) is 0.100. The van der Waals surface area contributed by atoms with Crippen LogP contribution < -0.4 is 5.73 Å². The van der Waals surface area contributed by atoms with Crippen LogP contribution in [-0.4, -0.2) is 11.1 Å². The molecule has 0 atom stereocenters. The summed E-state index contributed by atoms with van der Waals surface area (Å²) in [4.78, 5) is 10.8. The molecule has 0 aromatic heterocycles. The van der Waals surface area contributed by atoms with Crippen molar-refractivity contribution in [1.29, 1.82) is 0 Å². The molecule has 0 heterocycles. The van der Waals surface area contributed by atoms with Gasteiger partial charge in [-0.15, -0.1) is 5.92 Å². The molecule has 1 rings (SSSR count). The third-order valence-corrected chi connectivity index (χ3v) is 2.32. The summed E-state index contributed by atoms with van der Waals surface area (Å²) in [5.41, 5.74) is 5.08. The molecule has 0 saturated carbocycles. The molecule has 0 radical (unpaired) electrons. The Kier molecular flexibility index (Phi) is 3.32. The molecule has 0 aliphatic rings. The smallest absolute Gasteiger partial charge is 0.337 e. The molecule has 1 aromatic rings. The average molecular weight is 272 g/mol. The number of nitrogen functional groups attached to an aromatic ring is 1. The first kappa shape index (κ1) is 11.5. The molecule has 0 aliphatic carbocycles. The Bertz CT molecular complexity index is 488. The van der Waals surface area contributed by atoms with Gasteiger partial charge >= 0.3 is 5.97 Å². The molecule has 15 heavy (non-hydrogen) atoms. The summed E-state index contributed by atoms with van der Waals surface area (Å²) in [6.07, 6.45) is 0. The highest BCUT2D eigenvalue weighted by atomic mass is 79.9. The van der Waals surface area contributed by atoms with E-state index in [9.17, 15) is 9.18 Å². The molecule has 78 valence electrons. The topological polar surface area (TPSA) is 63.3 Å². The lowest BCUT2D eigenvalue weighted by molar-refractivity contribution is 0.0698. The molecule has 1 aromatic carbocycles. The van der Waals surface area contributed by atoms with E-state index in [-0.39, 0.29) is 21.3 Å². The minimum absolute atomic E-state index is 0.0341. The summed E-state index contributed by atoms with van der Waals surface area (Å²) in [6.45, 7) is 1.51. The predicted molar refractivity (Wildman–Crippen MR) is 58.0 cm³/mol. The molecule has 0 spiro atoms. The number of nitrogens with two attached hydrogens (primary N) is 1. The Morgan fingerprint density at radius 1 is 1.67 bits per heavy atom. The normalized spacial score (nSPS) is 9.27. The van der Waals surface area contributed by atoms with Gasteiger partial charge in [-0.3, -0.25) is 0 Å². The number of benzene rings is 1. The minimum Gasteiger partial charge on any atom is -0.478 e. The SMILES string of the molecule is CC#Cc1c(N)c(C(=O)O)cc(Br)c1F. The van der Waals surface area contributed by atoms with Crippen LogP contribution >= 0.6 is 15.9 Å². The largest absolute Gasteiger partial charge is 0.478 e. The van der Waals surface area contributed by atoms with Crippen molar-refractivity contribution in [3.8, 4) is 11.8 Å². The zero-order chi connectivity index (χ0) is 11.6. The lowest BCUT2D eigenvalue weighted by Gasteiger charge is -2.06. The van der Waals surface area contributed by atoms with E-state index in [4.69, 9.17) is 10.8 Å². The van der Waals surface area contributed by atoms with Crippen molar-refractivity contribution in [2.75, 3.05) is 5.73 Å². The summed E-state index contributed by atoms with van der Waals surface area (Å²) in [7, 11) is 0. The van der Waals surface area contributed by atoms with Crippen molar-refractivity contribution >= 4 is 27.6 Å². The summed E-state index contributed by atoms with van der Waals surface area (Å²) >= 11 is 2.91. The van der Waals surface area contributed by atoms with Crippen LogP contribution in [0.1, 0.15) is 22.8 Å². The Hall–Kier alpha value is -1.54. The molecule has 3 N–H and O–H groups in total. The van der Waals surface area contributed by atoms with Crippen LogP contribution in [0.3, 0.4) is 0 Å². The van der Waals surface area contributed by atoms with E-state index in [0.29, 0.717) is 0 Å². The highest BCUT2D eigenvalue weighted by Crippen LogP contribution is 2.27. The van der Waals surface area contributed by atoms with Crippen molar-refractivity contribution in [3.63, 3.8) is 0 Å². The van der Waals surface area contributed by atoms with Crippen LogP contribution in [0, 0.1) is 17.7 Å². The number of aromatic carboxylic acids is 1. The van der Waals surface area contributed by atoms with Gasteiger partial charge in [-0.2, -0.15) is 0 Å². The third kappa shape index (κ3) is 2.10. The molecule has 0 fully saturated rings. The van der Waals surface area contributed by atoms with Gasteiger partial charge in [-0.05, 0) is 28.9 Å². The monoisotopic (exact) mass is 271 g/mol. The van der Waals surface area contributed by atoms with Crippen LogP contribution in [0.5, 0.6) is 0 Å². The summed E-state index contributed by atoms with van der Waals surface area (Å²) in [6, 6.07) is 1.12. The maximum atomic E-state index is 13.5. The first-order valence-electron chi connectivity index (χ1n) is 3.92. The zero-order valence-electron chi connectivity index (χ0n) is 7.77. The molecule has 5 heteroatoms. The van der Waals surface area contributed by atoms with Crippen molar-refractivity contribution in [2.45, 2.75) is 6.92 Å². The van der Waals surface area contributed by atoms with E-state index in [1.807, 2.05) is 0 Å². The van der Waals surface area contributed by atoms with Gasteiger partial charge in [-0.25, -0.2) is 9.18 Å². The lowest BCUT2D eigenvalue weighted by Crippen LogP contribution is -2.06. The Morgan fingerprint density at radius 3 is 2.73 bits per heavy atom. The van der Waals surface area contributed by atoms with Crippen molar-refractivity contribution < 1.29 is 14.3 Å². The first-order valence-corrected chi connectivity index (χ1v) is 4.71. The molecule has 0 bridgehead atoms. The fourth-order valence-electron chi connectivity index (χ4n) is 1.06. The van der Waals surface area contributed by atoms with Crippen LogP contribution in [0.25, 0.3) is 0 Å². The number of carboxylic acid groups (broad SMARTS) is 1. The van der Waals surface area contributed by atoms with Gasteiger partial charge in [0.25, 0.3) is 0 Å². The highest BCUT2D eigenvalue weighted by molar-refractivity contribution is 9.10. The summed E-state index contributed by atoms with van der Waals surface area (Å²) in [5.74, 6) is 3.05. The van der Waals surface area contributed by atoms with Gasteiger partial charge in [0.2, 0.25) is 0 Å². The van der Waals surface area contributed by atoms with E-state index in [1.165, 1.54) is 6.92 Å². The number of hydrogen-bond acceptors (Lipinski definition) is 2. The second-order valence-corrected chi connectivity index (χ2v) is 3.54. The number of halogens is 2. The van der Waals surface area contributed by atoms with E-state index in [0.717, 1.165) is 6.07 Å². The van der Waals surface area contributed by atoms with Crippen LogP contribution in [0.15, 0.2) is 10.5 Å². The molecule has 0 aliphatic heterocycles. The van der Waals surface area contributed by atoms with Gasteiger partial charge in [0.15, 0.2) is 5.82 Å².